The molecule has 0 radical (unpaired) electrons. The van der Waals surface area contributed by atoms with Gasteiger partial charge in [0.2, 0.25) is 5.82 Å². The van der Waals surface area contributed by atoms with Gasteiger partial charge in [-0.25, -0.2) is 0 Å². The van der Waals surface area contributed by atoms with E-state index in [1.807, 2.05) is 6.92 Å². The Bertz CT molecular complexity index is 780. The molecule has 0 saturated carbocycles. The van der Waals surface area contributed by atoms with Crippen LogP contribution in [0.1, 0.15) is 23.7 Å². The first-order valence-electron chi connectivity index (χ1n) is 7.20. The van der Waals surface area contributed by atoms with Crippen LogP contribution in [0.25, 0.3) is 0 Å². The summed E-state index contributed by atoms with van der Waals surface area (Å²) in [5, 5.41) is 13.0. The number of hydrogen-bond donors (Lipinski definition) is 2. The largest absolute Gasteiger partial charge is 0.491 e. The highest BCUT2D eigenvalue weighted by atomic mass is 19.1. The zero-order chi connectivity index (χ0) is 17.7. The van der Waals surface area contributed by atoms with E-state index in [0.29, 0.717) is 18.0 Å². The summed E-state index contributed by atoms with van der Waals surface area (Å²) in [6.45, 7) is 2.47. The Morgan fingerprint density at radius 1 is 1.33 bits per heavy atom. The minimum atomic E-state index is -1.03. The molecular weight excluding hydrogens is 317 g/mol. The molecule has 1 amide bonds. The Kier molecular flexibility index (Phi) is 5.31. The van der Waals surface area contributed by atoms with Crippen LogP contribution < -0.4 is 15.8 Å². The molecule has 8 heteroatoms. The molecular formula is C16H16FN3O4. The number of nitrogens with two attached hydrogens (primary N) is 1. The number of nitrogens with one attached hydrogen (secondary N) is 1. The van der Waals surface area contributed by atoms with Crippen LogP contribution in [0.4, 0.5) is 21.5 Å². The van der Waals surface area contributed by atoms with Crippen LogP contribution in [0.3, 0.4) is 0 Å². The van der Waals surface area contributed by atoms with Gasteiger partial charge in [-0.1, -0.05) is 6.92 Å². The maximum absolute atomic E-state index is 13.6. The van der Waals surface area contributed by atoms with Gasteiger partial charge >= 0.3 is 5.69 Å². The summed E-state index contributed by atoms with van der Waals surface area (Å²) >= 11 is 0. The van der Waals surface area contributed by atoms with E-state index in [1.165, 1.54) is 18.2 Å². The van der Waals surface area contributed by atoms with E-state index < -0.39 is 22.3 Å². The van der Waals surface area contributed by atoms with Gasteiger partial charge in [0, 0.05) is 23.4 Å². The van der Waals surface area contributed by atoms with Crippen molar-refractivity contribution in [2.75, 3.05) is 17.7 Å². The number of nitrogens with zero attached hydrogens (tertiary/aromatic N) is 1. The number of anilines is 2. The number of benzene rings is 2. The second kappa shape index (κ2) is 7.40. The number of halogens is 1. The second-order valence-corrected chi connectivity index (χ2v) is 4.98. The highest BCUT2D eigenvalue weighted by molar-refractivity contribution is 6.05. The highest BCUT2D eigenvalue weighted by Crippen LogP contribution is 2.24. The number of nitro groups is 1. The summed E-state index contributed by atoms with van der Waals surface area (Å²) in [4.78, 5) is 21.9. The van der Waals surface area contributed by atoms with Crippen LogP contribution in [0.2, 0.25) is 0 Å². The van der Waals surface area contributed by atoms with Crippen molar-refractivity contribution in [3.05, 3.63) is 57.9 Å². The zero-order valence-electron chi connectivity index (χ0n) is 12.9. The minimum Gasteiger partial charge on any atom is -0.491 e. The first-order valence-corrected chi connectivity index (χ1v) is 7.20. The van der Waals surface area contributed by atoms with Gasteiger partial charge in [-0.3, -0.25) is 14.9 Å². The predicted molar refractivity (Wildman–Crippen MR) is 87.6 cm³/mol. The Hall–Kier alpha value is -3.16. The van der Waals surface area contributed by atoms with Crippen molar-refractivity contribution < 1.29 is 18.8 Å². The molecule has 0 bridgehead atoms. The maximum atomic E-state index is 13.6. The fourth-order valence-corrected chi connectivity index (χ4v) is 1.97. The number of hydrogen-bond acceptors (Lipinski definition) is 5. The van der Waals surface area contributed by atoms with E-state index in [-0.39, 0.29) is 11.3 Å². The van der Waals surface area contributed by atoms with Crippen LogP contribution >= 0.6 is 0 Å². The first-order chi connectivity index (χ1) is 11.4. The molecule has 0 spiro atoms. The third kappa shape index (κ3) is 3.97. The van der Waals surface area contributed by atoms with Gasteiger partial charge in [0.15, 0.2) is 0 Å². The lowest BCUT2D eigenvalue weighted by Crippen LogP contribution is -2.13. The van der Waals surface area contributed by atoms with Gasteiger partial charge < -0.3 is 15.8 Å². The number of nitrogen functional groups attached to an aromatic ring is 1. The van der Waals surface area contributed by atoms with Gasteiger partial charge in [0.1, 0.15) is 5.75 Å². The van der Waals surface area contributed by atoms with Crippen molar-refractivity contribution >= 4 is 23.0 Å². The Morgan fingerprint density at radius 2 is 2.08 bits per heavy atom. The van der Waals surface area contributed by atoms with Gasteiger partial charge in [-0.05, 0) is 30.7 Å². The number of rotatable bonds is 6. The molecule has 0 aliphatic heterocycles. The quantitative estimate of drug-likeness (QED) is 0.479. The number of amides is 1. The molecule has 126 valence electrons. The molecule has 0 saturated heterocycles. The molecule has 2 aromatic carbocycles. The molecule has 0 unspecified atom stereocenters. The van der Waals surface area contributed by atoms with E-state index >= 15 is 0 Å². The van der Waals surface area contributed by atoms with Crippen LogP contribution in [-0.2, 0) is 0 Å². The van der Waals surface area contributed by atoms with Crippen molar-refractivity contribution in [2.45, 2.75) is 13.3 Å². The second-order valence-electron chi connectivity index (χ2n) is 4.98. The van der Waals surface area contributed by atoms with E-state index in [0.717, 1.165) is 18.6 Å². The summed E-state index contributed by atoms with van der Waals surface area (Å²) in [5.41, 5.74) is 5.85. The molecule has 0 aliphatic rings. The average Bonchev–Trinajstić information content (AvgIpc) is 2.53. The SMILES string of the molecule is CCCOc1ccc(C(=O)Nc2ccc([N+](=O)[O-])c(F)c2)cc1N. The lowest BCUT2D eigenvalue weighted by Gasteiger charge is -2.10. The normalized spacial score (nSPS) is 10.2. The molecule has 2 rings (SSSR count). The maximum Gasteiger partial charge on any atom is 0.304 e. The molecule has 2 aromatic rings. The summed E-state index contributed by atoms with van der Waals surface area (Å²) in [6.07, 6.45) is 0.827. The molecule has 3 N–H and O–H groups in total. The number of ether oxygens (including phenoxy) is 1. The molecule has 0 heterocycles. The first kappa shape index (κ1) is 17.2. The molecule has 0 atom stereocenters. The van der Waals surface area contributed by atoms with Crippen molar-refractivity contribution in [3.63, 3.8) is 0 Å². The molecule has 0 aromatic heterocycles. The molecule has 7 nitrogen and oxygen atoms in total. The Morgan fingerprint density at radius 3 is 2.67 bits per heavy atom. The zero-order valence-corrected chi connectivity index (χ0v) is 12.9. The van der Waals surface area contributed by atoms with E-state index in [4.69, 9.17) is 10.5 Å². The monoisotopic (exact) mass is 333 g/mol. The van der Waals surface area contributed by atoms with Gasteiger partial charge in [-0.2, -0.15) is 4.39 Å². The topological polar surface area (TPSA) is 107 Å². The third-order valence-corrected chi connectivity index (χ3v) is 3.14. The number of nitro benzene ring substituents is 1. The number of carbonyl (C=O) groups excluding carboxylic acids is 1. The standard InChI is InChI=1S/C16H16FN3O4/c1-2-7-24-15-6-3-10(8-13(15)18)16(21)19-11-4-5-14(20(22)23)12(17)9-11/h3-6,8-9H,2,7,18H2,1H3,(H,19,21). The number of carbonyl (C=O) groups is 1. The Balaban J connectivity index is 2.13. The van der Waals surface area contributed by atoms with Crippen molar-refractivity contribution in [2.24, 2.45) is 0 Å². The van der Waals surface area contributed by atoms with E-state index in [9.17, 15) is 19.3 Å². The summed E-state index contributed by atoms with van der Waals surface area (Å²) in [7, 11) is 0. The predicted octanol–water partition coefficient (Wildman–Crippen LogP) is 3.36. The van der Waals surface area contributed by atoms with E-state index in [1.54, 1.807) is 6.07 Å². The van der Waals surface area contributed by atoms with Crippen LogP contribution in [-0.4, -0.2) is 17.4 Å². The summed E-state index contributed by atoms with van der Waals surface area (Å²) in [6, 6.07) is 7.68. The average molecular weight is 333 g/mol. The fourth-order valence-electron chi connectivity index (χ4n) is 1.97. The molecule has 0 fully saturated rings. The minimum absolute atomic E-state index is 0.105. The van der Waals surface area contributed by atoms with Gasteiger partial charge in [0.05, 0.1) is 17.2 Å². The van der Waals surface area contributed by atoms with Gasteiger partial charge in [0.25, 0.3) is 5.91 Å². The van der Waals surface area contributed by atoms with Crippen LogP contribution in [0.15, 0.2) is 36.4 Å². The lowest BCUT2D eigenvalue weighted by molar-refractivity contribution is -0.387. The smallest absolute Gasteiger partial charge is 0.304 e. The van der Waals surface area contributed by atoms with E-state index in [2.05, 4.69) is 5.32 Å². The fraction of sp³-hybridized carbons (Fsp3) is 0.188. The summed E-state index contributed by atoms with van der Waals surface area (Å²) in [5.74, 6) is -1.06. The van der Waals surface area contributed by atoms with Crippen LogP contribution in [0.5, 0.6) is 5.75 Å². The highest BCUT2D eigenvalue weighted by Gasteiger charge is 2.15. The van der Waals surface area contributed by atoms with Crippen LogP contribution in [0, 0.1) is 15.9 Å². The molecule has 24 heavy (non-hydrogen) atoms. The molecule has 0 aliphatic carbocycles. The lowest BCUT2D eigenvalue weighted by atomic mass is 10.1. The summed E-state index contributed by atoms with van der Waals surface area (Å²) < 4.78 is 19.0. The van der Waals surface area contributed by atoms with Gasteiger partial charge in [-0.15, -0.1) is 0 Å². The van der Waals surface area contributed by atoms with Crippen molar-refractivity contribution in [3.8, 4) is 5.75 Å². The van der Waals surface area contributed by atoms with Crippen molar-refractivity contribution in [1.29, 1.82) is 0 Å². The van der Waals surface area contributed by atoms with Crippen molar-refractivity contribution in [1.82, 2.24) is 0 Å². The third-order valence-electron chi connectivity index (χ3n) is 3.14. The Labute approximate surface area is 137 Å².